The van der Waals surface area contributed by atoms with Gasteiger partial charge in [0.05, 0.1) is 25.4 Å². The van der Waals surface area contributed by atoms with Gasteiger partial charge in [-0.2, -0.15) is 0 Å². The molecule has 1 rings (SSSR count). The quantitative estimate of drug-likeness (QED) is 0.0195. The average molecular weight is 1070 g/mol. The molecule has 0 aliphatic carbocycles. The van der Waals surface area contributed by atoms with E-state index >= 15 is 0 Å². The van der Waals surface area contributed by atoms with Crippen LogP contribution in [0.25, 0.3) is 0 Å². The van der Waals surface area contributed by atoms with Gasteiger partial charge in [0.15, 0.2) is 12.4 Å². The lowest BCUT2D eigenvalue weighted by atomic mass is 9.99. The van der Waals surface area contributed by atoms with E-state index in [9.17, 15) is 35.1 Å². The lowest BCUT2D eigenvalue weighted by Crippen LogP contribution is -2.61. The van der Waals surface area contributed by atoms with Gasteiger partial charge >= 0.3 is 5.97 Å². The largest absolute Gasteiger partial charge is 0.454 e. The summed E-state index contributed by atoms with van der Waals surface area (Å²) in [5.41, 5.74) is 0. The van der Waals surface area contributed by atoms with Crippen LogP contribution in [-0.2, 0) is 23.8 Å². The Morgan fingerprint density at radius 3 is 1.25 bits per heavy atom. The first-order valence-electron chi connectivity index (χ1n) is 32.5. The van der Waals surface area contributed by atoms with Crippen molar-refractivity contribution >= 4 is 11.9 Å². The number of aliphatic hydroxyl groups is 5. The molecule has 75 heavy (non-hydrogen) atoms. The molecule has 1 heterocycles. The summed E-state index contributed by atoms with van der Waals surface area (Å²) in [6, 6.07) is -1.02. The number of allylic oxidation sites excluding steroid dienone is 1. The number of hydrogen-bond donors (Lipinski definition) is 6. The Kier molecular flexibility index (Phi) is 50.5. The summed E-state index contributed by atoms with van der Waals surface area (Å²) in [7, 11) is 0. The third kappa shape index (κ3) is 41.1. The average Bonchev–Trinajstić information content (AvgIpc) is 3.41. The van der Waals surface area contributed by atoms with E-state index in [1.54, 1.807) is 6.08 Å². The van der Waals surface area contributed by atoms with Gasteiger partial charge in [0, 0.05) is 6.42 Å². The summed E-state index contributed by atoms with van der Waals surface area (Å²) in [6.45, 7) is 5.84. The molecule has 0 radical (unpaired) electrons. The van der Waals surface area contributed by atoms with Gasteiger partial charge in [-0.3, -0.25) is 9.59 Å². The number of carbonyl (C=O) groups is 2. The first kappa shape index (κ1) is 71.4. The van der Waals surface area contributed by atoms with E-state index in [1.807, 2.05) is 6.08 Å². The maximum Gasteiger partial charge on any atom is 0.306 e. The van der Waals surface area contributed by atoms with Crippen molar-refractivity contribution in [3.63, 3.8) is 0 Å². The van der Waals surface area contributed by atoms with E-state index in [4.69, 9.17) is 14.2 Å². The molecule has 1 aliphatic rings. The molecule has 0 aromatic heterocycles. The van der Waals surface area contributed by atoms with Crippen molar-refractivity contribution in [2.45, 2.75) is 372 Å². The van der Waals surface area contributed by atoms with Crippen molar-refractivity contribution in [3.05, 3.63) is 12.2 Å². The molecule has 0 aromatic carbocycles. The van der Waals surface area contributed by atoms with Crippen molar-refractivity contribution in [2.75, 3.05) is 13.2 Å². The van der Waals surface area contributed by atoms with Crippen LogP contribution >= 0.6 is 0 Å². The summed E-state index contributed by atoms with van der Waals surface area (Å²) >= 11 is 0. The highest BCUT2D eigenvalue weighted by Crippen LogP contribution is 2.26. The zero-order valence-corrected chi connectivity index (χ0v) is 49.2. The first-order chi connectivity index (χ1) is 36.7. The van der Waals surface area contributed by atoms with E-state index in [1.165, 1.54) is 218 Å². The van der Waals surface area contributed by atoms with Crippen molar-refractivity contribution in [2.24, 2.45) is 0 Å². The van der Waals surface area contributed by atoms with Crippen LogP contribution in [0.2, 0.25) is 0 Å². The van der Waals surface area contributed by atoms with Gasteiger partial charge < -0.3 is 45.1 Å². The maximum atomic E-state index is 13.4. The number of aliphatic hydroxyl groups excluding tert-OH is 5. The monoisotopic (exact) mass is 1070 g/mol. The number of carbonyl (C=O) groups excluding carboxylic acids is 2. The summed E-state index contributed by atoms with van der Waals surface area (Å²) in [5.74, 6) is -1.17. The van der Waals surface area contributed by atoms with Crippen LogP contribution in [0.15, 0.2) is 12.2 Å². The fourth-order valence-electron chi connectivity index (χ4n) is 10.5. The Bertz CT molecular complexity index is 1270. The molecule has 11 nitrogen and oxygen atoms in total. The third-order valence-electron chi connectivity index (χ3n) is 15.7. The van der Waals surface area contributed by atoms with Crippen LogP contribution < -0.4 is 5.32 Å². The summed E-state index contributed by atoms with van der Waals surface area (Å²) in [4.78, 5) is 26.6. The minimum Gasteiger partial charge on any atom is -0.454 e. The second-order valence-corrected chi connectivity index (χ2v) is 22.9. The number of amides is 1. The second-order valence-electron chi connectivity index (χ2n) is 22.9. The number of esters is 1. The van der Waals surface area contributed by atoms with Crippen LogP contribution in [0.1, 0.15) is 323 Å². The van der Waals surface area contributed by atoms with Gasteiger partial charge in [-0.1, -0.05) is 303 Å². The normalized spacial score (nSPS) is 19.2. The number of ether oxygens (including phenoxy) is 3. The molecule has 0 bridgehead atoms. The van der Waals surface area contributed by atoms with Gasteiger partial charge in [-0.05, 0) is 25.7 Å². The Balaban J connectivity index is 2.66. The lowest BCUT2D eigenvalue weighted by molar-refractivity contribution is -0.305. The summed E-state index contributed by atoms with van der Waals surface area (Å²) in [5, 5.41) is 57.1. The molecule has 8 atom stereocenters. The SMILES string of the molecule is CCCCCCCCCCCCC/C=C/C(O)C(COC1OC(CO)C(O)C(O)C1OC(=O)CCCCCCCCCCCCCCCCCCC)NC(=O)C(O)CCCCCCCCCCCCCCCCCC. The molecular weight excluding hydrogens is 943 g/mol. The van der Waals surface area contributed by atoms with Gasteiger partial charge in [0.1, 0.15) is 24.4 Å². The van der Waals surface area contributed by atoms with Gasteiger partial charge in [0.2, 0.25) is 5.91 Å². The Morgan fingerprint density at radius 1 is 0.507 bits per heavy atom. The van der Waals surface area contributed by atoms with Crippen molar-refractivity contribution in [1.82, 2.24) is 5.32 Å². The number of rotatable bonds is 56. The lowest BCUT2D eigenvalue weighted by Gasteiger charge is -2.41. The topological polar surface area (TPSA) is 175 Å². The molecule has 1 amide bonds. The maximum absolute atomic E-state index is 13.4. The van der Waals surface area contributed by atoms with E-state index < -0.39 is 67.4 Å². The van der Waals surface area contributed by atoms with Crippen molar-refractivity contribution < 1.29 is 49.3 Å². The highest BCUT2D eigenvalue weighted by molar-refractivity contribution is 5.80. The van der Waals surface area contributed by atoms with Gasteiger partial charge in [-0.15, -0.1) is 0 Å². The van der Waals surface area contributed by atoms with E-state index in [0.717, 1.165) is 57.8 Å². The minimum absolute atomic E-state index is 0.132. The highest BCUT2D eigenvalue weighted by atomic mass is 16.7. The van der Waals surface area contributed by atoms with Crippen LogP contribution in [0.5, 0.6) is 0 Å². The van der Waals surface area contributed by atoms with E-state index in [0.29, 0.717) is 19.3 Å². The highest BCUT2D eigenvalue weighted by Gasteiger charge is 2.47. The fraction of sp³-hybridized carbons (Fsp3) is 0.938. The predicted octanol–water partition coefficient (Wildman–Crippen LogP) is 15.5. The molecule has 1 saturated heterocycles. The molecule has 11 heteroatoms. The van der Waals surface area contributed by atoms with Crippen molar-refractivity contribution in [1.29, 1.82) is 0 Å². The Labute approximate surface area is 461 Å². The molecule has 0 saturated carbocycles. The molecular formula is C64H123NO10. The van der Waals surface area contributed by atoms with Crippen LogP contribution in [0.3, 0.4) is 0 Å². The molecule has 0 spiro atoms. The molecule has 1 fully saturated rings. The Hall–Kier alpha value is -1.60. The fourth-order valence-corrected chi connectivity index (χ4v) is 10.5. The summed E-state index contributed by atoms with van der Waals surface area (Å²) < 4.78 is 17.7. The number of nitrogens with one attached hydrogen (secondary N) is 1. The molecule has 8 unspecified atom stereocenters. The molecule has 0 aromatic rings. The molecule has 444 valence electrons. The molecule has 6 N–H and O–H groups in total. The standard InChI is InChI=1S/C64H123NO10/c1-4-7-10-13-16-19-22-25-27-29-31-34-37-40-43-46-49-52-59(69)75-62-61(71)60(70)58(53-66)74-64(62)73-54-55(56(67)50-47-44-41-38-35-32-24-21-18-15-12-9-6-3)65-63(72)57(68)51-48-45-42-39-36-33-30-28-26-23-20-17-14-11-8-5-2/h47,50,55-58,60-62,64,66-68,70-71H,4-46,48-49,51-54H2,1-3H3,(H,65,72)/b50-47+. The summed E-state index contributed by atoms with van der Waals surface area (Å²) in [6.07, 6.45) is 49.6. The van der Waals surface area contributed by atoms with Gasteiger partial charge in [0.25, 0.3) is 0 Å². The molecule has 1 aliphatic heterocycles. The Morgan fingerprint density at radius 2 is 0.867 bits per heavy atom. The first-order valence-corrected chi connectivity index (χ1v) is 32.5. The smallest absolute Gasteiger partial charge is 0.306 e. The van der Waals surface area contributed by atoms with E-state index in [-0.39, 0.29) is 13.0 Å². The number of hydrogen-bond acceptors (Lipinski definition) is 10. The third-order valence-corrected chi connectivity index (χ3v) is 15.7. The zero-order valence-electron chi connectivity index (χ0n) is 49.2. The number of unbranched alkanes of at least 4 members (excludes halogenated alkanes) is 42. The van der Waals surface area contributed by atoms with Crippen LogP contribution in [0.4, 0.5) is 0 Å². The predicted molar refractivity (Wildman–Crippen MR) is 311 cm³/mol. The van der Waals surface area contributed by atoms with Crippen molar-refractivity contribution in [3.8, 4) is 0 Å². The van der Waals surface area contributed by atoms with E-state index in [2.05, 4.69) is 26.1 Å². The zero-order chi connectivity index (χ0) is 54.7. The minimum atomic E-state index is -1.61. The van der Waals surface area contributed by atoms with Crippen LogP contribution in [0, 0.1) is 0 Å². The second kappa shape index (κ2) is 53.1. The van der Waals surface area contributed by atoms with Gasteiger partial charge in [-0.25, -0.2) is 0 Å². The van der Waals surface area contributed by atoms with Crippen LogP contribution in [-0.4, -0.2) is 99.6 Å².